The van der Waals surface area contributed by atoms with Crippen molar-refractivity contribution >= 4 is 17.4 Å². The van der Waals surface area contributed by atoms with E-state index in [0.717, 1.165) is 25.1 Å². The SMILES string of the molecule is CCc1nc2c(s1)CCN(C(=O)N(C)C)C2. The third kappa shape index (κ3) is 2.04. The first-order valence-electron chi connectivity index (χ1n) is 5.55. The molecule has 88 valence electrons. The third-order valence-electron chi connectivity index (χ3n) is 2.73. The van der Waals surface area contributed by atoms with Gasteiger partial charge in [-0.3, -0.25) is 0 Å². The van der Waals surface area contributed by atoms with Crippen molar-refractivity contribution in [3.05, 3.63) is 15.6 Å². The summed E-state index contributed by atoms with van der Waals surface area (Å²) in [5.74, 6) is 0. The number of thiazole rings is 1. The second kappa shape index (κ2) is 4.41. The van der Waals surface area contributed by atoms with Crippen LogP contribution in [-0.4, -0.2) is 41.5 Å². The highest BCUT2D eigenvalue weighted by molar-refractivity contribution is 7.11. The summed E-state index contributed by atoms with van der Waals surface area (Å²) in [5, 5.41) is 1.18. The fraction of sp³-hybridized carbons (Fsp3) is 0.636. The molecule has 0 spiro atoms. The van der Waals surface area contributed by atoms with Crippen LogP contribution in [0.3, 0.4) is 0 Å². The van der Waals surface area contributed by atoms with Gasteiger partial charge in [0.05, 0.1) is 17.2 Å². The molecule has 1 aliphatic heterocycles. The maximum atomic E-state index is 11.8. The monoisotopic (exact) mass is 239 g/mol. The molecule has 0 fully saturated rings. The van der Waals surface area contributed by atoms with E-state index in [1.807, 2.05) is 4.90 Å². The maximum absolute atomic E-state index is 11.8. The van der Waals surface area contributed by atoms with Crippen molar-refractivity contribution in [3.8, 4) is 0 Å². The van der Waals surface area contributed by atoms with E-state index in [0.29, 0.717) is 6.54 Å². The molecule has 0 atom stereocenters. The Morgan fingerprint density at radius 1 is 1.56 bits per heavy atom. The average Bonchev–Trinajstić information content (AvgIpc) is 2.69. The lowest BCUT2D eigenvalue weighted by atomic mass is 10.2. The van der Waals surface area contributed by atoms with Gasteiger partial charge in [-0.1, -0.05) is 6.92 Å². The molecule has 2 amide bonds. The Hall–Kier alpha value is -1.10. The van der Waals surface area contributed by atoms with Gasteiger partial charge < -0.3 is 9.80 Å². The van der Waals surface area contributed by atoms with Gasteiger partial charge in [0.15, 0.2) is 0 Å². The summed E-state index contributed by atoms with van der Waals surface area (Å²) < 4.78 is 0. The molecule has 0 saturated carbocycles. The number of hydrogen-bond acceptors (Lipinski definition) is 3. The number of fused-ring (bicyclic) bond motifs is 1. The number of carbonyl (C=O) groups excluding carboxylic acids is 1. The van der Waals surface area contributed by atoms with E-state index >= 15 is 0 Å². The van der Waals surface area contributed by atoms with Crippen molar-refractivity contribution in [1.82, 2.24) is 14.8 Å². The van der Waals surface area contributed by atoms with Gasteiger partial charge in [-0.2, -0.15) is 0 Å². The summed E-state index contributed by atoms with van der Waals surface area (Å²) in [6.45, 7) is 3.60. The van der Waals surface area contributed by atoms with E-state index in [1.54, 1.807) is 30.3 Å². The van der Waals surface area contributed by atoms with Crippen molar-refractivity contribution in [2.24, 2.45) is 0 Å². The molecule has 0 saturated heterocycles. The van der Waals surface area contributed by atoms with Gasteiger partial charge in [-0.15, -0.1) is 11.3 Å². The summed E-state index contributed by atoms with van der Waals surface area (Å²) in [7, 11) is 3.58. The van der Waals surface area contributed by atoms with Gasteiger partial charge in [0.2, 0.25) is 0 Å². The molecule has 16 heavy (non-hydrogen) atoms. The Balaban J connectivity index is 2.14. The molecule has 1 aromatic heterocycles. The molecule has 0 bridgehead atoms. The molecule has 0 aromatic carbocycles. The first-order chi connectivity index (χ1) is 7.61. The number of rotatable bonds is 1. The Morgan fingerprint density at radius 2 is 2.31 bits per heavy atom. The molecule has 0 N–H and O–H groups in total. The highest BCUT2D eigenvalue weighted by Gasteiger charge is 2.24. The minimum Gasteiger partial charge on any atom is -0.331 e. The largest absolute Gasteiger partial charge is 0.331 e. The molecule has 1 aromatic rings. The summed E-state index contributed by atoms with van der Waals surface area (Å²) >= 11 is 1.79. The summed E-state index contributed by atoms with van der Waals surface area (Å²) in [6.07, 6.45) is 1.94. The van der Waals surface area contributed by atoms with Crippen molar-refractivity contribution in [2.75, 3.05) is 20.6 Å². The van der Waals surface area contributed by atoms with Crippen LogP contribution in [0.5, 0.6) is 0 Å². The van der Waals surface area contributed by atoms with Crippen molar-refractivity contribution in [2.45, 2.75) is 26.3 Å². The van der Waals surface area contributed by atoms with Crippen LogP contribution in [0.1, 0.15) is 22.5 Å². The number of amides is 2. The van der Waals surface area contributed by atoms with Crippen LogP contribution in [-0.2, 0) is 19.4 Å². The molecule has 2 rings (SSSR count). The maximum Gasteiger partial charge on any atom is 0.319 e. The quantitative estimate of drug-likeness (QED) is 0.748. The smallest absolute Gasteiger partial charge is 0.319 e. The highest BCUT2D eigenvalue weighted by atomic mass is 32.1. The minimum absolute atomic E-state index is 0.0803. The van der Waals surface area contributed by atoms with E-state index < -0.39 is 0 Å². The molecule has 1 aliphatic rings. The highest BCUT2D eigenvalue weighted by Crippen LogP contribution is 2.25. The van der Waals surface area contributed by atoms with E-state index in [-0.39, 0.29) is 6.03 Å². The van der Waals surface area contributed by atoms with Crippen molar-refractivity contribution < 1.29 is 4.79 Å². The number of urea groups is 1. The van der Waals surface area contributed by atoms with Crippen molar-refractivity contribution in [3.63, 3.8) is 0 Å². The van der Waals surface area contributed by atoms with Crippen molar-refractivity contribution in [1.29, 1.82) is 0 Å². The van der Waals surface area contributed by atoms with E-state index in [2.05, 4.69) is 11.9 Å². The second-order valence-corrected chi connectivity index (χ2v) is 5.35. The zero-order valence-electron chi connectivity index (χ0n) is 9.99. The standard InChI is InChI=1S/C11H17N3OS/c1-4-10-12-8-7-14(11(15)13(2)3)6-5-9(8)16-10/h4-7H2,1-3H3. The lowest BCUT2D eigenvalue weighted by molar-refractivity contribution is 0.165. The predicted molar refractivity (Wildman–Crippen MR) is 64.7 cm³/mol. The summed E-state index contributed by atoms with van der Waals surface area (Å²) in [5.41, 5.74) is 1.10. The molecule has 0 unspecified atom stereocenters. The van der Waals surface area contributed by atoms with Crippen LogP contribution >= 0.6 is 11.3 Å². The summed E-state index contributed by atoms with van der Waals surface area (Å²) in [6, 6.07) is 0.0803. The molecule has 2 heterocycles. The zero-order chi connectivity index (χ0) is 11.7. The number of nitrogens with zero attached hydrogens (tertiary/aromatic N) is 3. The Morgan fingerprint density at radius 3 is 2.94 bits per heavy atom. The number of aryl methyl sites for hydroxylation is 1. The first-order valence-corrected chi connectivity index (χ1v) is 6.37. The van der Waals surface area contributed by atoms with Crippen LogP contribution in [0.2, 0.25) is 0 Å². The molecular formula is C11H17N3OS. The molecule has 0 radical (unpaired) electrons. The fourth-order valence-corrected chi connectivity index (χ4v) is 2.86. The van der Waals surface area contributed by atoms with Gasteiger partial charge in [0.1, 0.15) is 0 Å². The van der Waals surface area contributed by atoms with Gasteiger partial charge in [-0.05, 0) is 6.42 Å². The molecule has 0 aliphatic carbocycles. The first kappa shape index (κ1) is 11.4. The molecule has 5 heteroatoms. The number of aromatic nitrogens is 1. The van der Waals surface area contributed by atoms with E-state index in [9.17, 15) is 4.79 Å². The van der Waals surface area contributed by atoms with Crippen LogP contribution in [0.15, 0.2) is 0 Å². The summed E-state index contributed by atoms with van der Waals surface area (Å²) in [4.78, 5) is 21.2. The molecule has 4 nitrogen and oxygen atoms in total. The normalized spacial score (nSPS) is 14.8. The third-order valence-corrected chi connectivity index (χ3v) is 4.03. The zero-order valence-corrected chi connectivity index (χ0v) is 10.8. The van der Waals surface area contributed by atoms with Crippen LogP contribution < -0.4 is 0 Å². The second-order valence-electron chi connectivity index (χ2n) is 4.18. The van der Waals surface area contributed by atoms with Gasteiger partial charge in [0, 0.05) is 31.9 Å². The van der Waals surface area contributed by atoms with Gasteiger partial charge in [0.25, 0.3) is 0 Å². The predicted octanol–water partition coefficient (Wildman–Crippen LogP) is 1.75. The number of carbonyl (C=O) groups is 1. The van der Waals surface area contributed by atoms with Crippen LogP contribution in [0.4, 0.5) is 4.79 Å². The molecular weight excluding hydrogens is 222 g/mol. The van der Waals surface area contributed by atoms with Gasteiger partial charge >= 0.3 is 6.03 Å². The van der Waals surface area contributed by atoms with Crippen LogP contribution in [0, 0.1) is 0 Å². The lowest BCUT2D eigenvalue weighted by Gasteiger charge is -2.28. The van der Waals surface area contributed by atoms with E-state index in [4.69, 9.17) is 0 Å². The van der Waals surface area contributed by atoms with Crippen LogP contribution in [0.25, 0.3) is 0 Å². The topological polar surface area (TPSA) is 36.4 Å². The number of hydrogen-bond donors (Lipinski definition) is 0. The fourth-order valence-electron chi connectivity index (χ4n) is 1.85. The Labute approximate surface area is 99.9 Å². The van der Waals surface area contributed by atoms with Gasteiger partial charge in [-0.25, -0.2) is 9.78 Å². The Kier molecular flexibility index (Phi) is 3.14. The average molecular weight is 239 g/mol. The Bertz CT molecular complexity index is 400. The minimum atomic E-state index is 0.0803. The lowest BCUT2D eigenvalue weighted by Crippen LogP contribution is -2.41. The van der Waals surface area contributed by atoms with E-state index in [1.165, 1.54) is 9.88 Å².